The van der Waals surface area contributed by atoms with Gasteiger partial charge in [-0.15, -0.1) is 0 Å². The van der Waals surface area contributed by atoms with Gasteiger partial charge in [-0.1, -0.05) is 30.3 Å². The molecule has 0 fully saturated rings. The van der Waals surface area contributed by atoms with E-state index in [9.17, 15) is 0 Å². The molecule has 0 amide bonds. The number of para-hydroxylation sites is 1. The van der Waals surface area contributed by atoms with Crippen LogP contribution in [0.25, 0.3) is 16.9 Å². The molecule has 0 spiro atoms. The van der Waals surface area contributed by atoms with Crippen molar-refractivity contribution in [3.8, 4) is 5.69 Å². The average Bonchev–Trinajstić information content (AvgIpc) is 3.23. The molecule has 5 heteroatoms. The standard InChI is InChI=1S/C24H19N5/c1-2-9-22(29-17-28-24-23(29)10-5-13-27-24)18(6-1)14-21(19-7-3-11-25-15-19)20-8-4-12-26-16-20/h1-13,15-17,21H,14H2. The van der Waals surface area contributed by atoms with Gasteiger partial charge in [0.05, 0.1) is 11.2 Å². The summed E-state index contributed by atoms with van der Waals surface area (Å²) in [6.45, 7) is 0. The molecule has 4 heterocycles. The van der Waals surface area contributed by atoms with Crippen LogP contribution in [0.5, 0.6) is 0 Å². The fraction of sp³-hybridized carbons (Fsp3) is 0.0833. The molecule has 4 aromatic heterocycles. The topological polar surface area (TPSA) is 56.5 Å². The number of aromatic nitrogens is 5. The van der Waals surface area contributed by atoms with E-state index < -0.39 is 0 Å². The summed E-state index contributed by atoms with van der Waals surface area (Å²) in [6, 6.07) is 20.7. The zero-order chi connectivity index (χ0) is 19.5. The van der Waals surface area contributed by atoms with Gasteiger partial charge < -0.3 is 0 Å². The summed E-state index contributed by atoms with van der Waals surface area (Å²) in [4.78, 5) is 17.5. The quantitative estimate of drug-likeness (QED) is 0.450. The van der Waals surface area contributed by atoms with Crippen molar-refractivity contribution in [1.29, 1.82) is 0 Å². The van der Waals surface area contributed by atoms with E-state index in [0.717, 1.165) is 23.3 Å². The maximum absolute atomic E-state index is 4.46. The number of hydrogen-bond acceptors (Lipinski definition) is 4. The minimum Gasteiger partial charge on any atom is -0.297 e. The van der Waals surface area contributed by atoms with Crippen molar-refractivity contribution in [2.45, 2.75) is 12.3 Å². The van der Waals surface area contributed by atoms with E-state index >= 15 is 0 Å². The highest BCUT2D eigenvalue weighted by atomic mass is 15.1. The van der Waals surface area contributed by atoms with Gasteiger partial charge in [0.1, 0.15) is 6.33 Å². The lowest BCUT2D eigenvalue weighted by Crippen LogP contribution is -2.08. The van der Waals surface area contributed by atoms with Crippen molar-refractivity contribution < 1.29 is 0 Å². The number of fused-ring (bicyclic) bond motifs is 1. The molecule has 0 aliphatic rings. The van der Waals surface area contributed by atoms with Crippen molar-refractivity contribution in [3.63, 3.8) is 0 Å². The Morgan fingerprint density at radius 1 is 0.724 bits per heavy atom. The minimum atomic E-state index is 0.159. The Kier molecular flexibility index (Phi) is 4.54. The van der Waals surface area contributed by atoms with Gasteiger partial charge in [-0.3, -0.25) is 14.5 Å². The summed E-state index contributed by atoms with van der Waals surface area (Å²) in [6.07, 6.45) is 11.9. The average molecular weight is 377 g/mol. The molecular formula is C24H19N5. The second-order valence-electron chi connectivity index (χ2n) is 6.92. The molecular weight excluding hydrogens is 358 g/mol. The van der Waals surface area contributed by atoms with Crippen LogP contribution in [-0.2, 0) is 6.42 Å². The maximum Gasteiger partial charge on any atom is 0.177 e. The van der Waals surface area contributed by atoms with Gasteiger partial charge in [-0.2, -0.15) is 0 Å². The normalized spacial score (nSPS) is 11.2. The first kappa shape index (κ1) is 17.3. The fourth-order valence-electron chi connectivity index (χ4n) is 3.77. The summed E-state index contributed by atoms with van der Waals surface area (Å²) in [5.41, 5.74) is 6.44. The highest BCUT2D eigenvalue weighted by Crippen LogP contribution is 2.30. The van der Waals surface area contributed by atoms with Crippen LogP contribution in [0, 0.1) is 0 Å². The molecule has 5 nitrogen and oxygen atoms in total. The van der Waals surface area contributed by atoms with E-state index in [-0.39, 0.29) is 5.92 Å². The van der Waals surface area contributed by atoms with Crippen molar-refractivity contribution in [1.82, 2.24) is 24.5 Å². The zero-order valence-electron chi connectivity index (χ0n) is 15.8. The Balaban J connectivity index is 1.61. The Morgan fingerprint density at radius 3 is 2.17 bits per heavy atom. The van der Waals surface area contributed by atoms with Crippen LogP contribution in [0.4, 0.5) is 0 Å². The molecule has 0 aliphatic carbocycles. The third-order valence-corrected chi connectivity index (χ3v) is 5.17. The van der Waals surface area contributed by atoms with E-state index in [2.05, 4.69) is 60.9 Å². The van der Waals surface area contributed by atoms with Crippen LogP contribution in [0.2, 0.25) is 0 Å². The molecule has 0 atom stereocenters. The summed E-state index contributed by atoms with van der Waals surface area (Å²) in [7, 11) is 0. The Morgan fingerprint density at radius 2 is 1.45 bits per heavy atom. The lowest BCUT2D eigenvalue weighted by Gasteiger charge is -2.20. The molecule has 0 bridgehead atoms. The summed E-state index contributed by atoms with van der Waals surface area (Å²) < 4.78 is 2.11. The molecule has 5 aromatic rings. The van der Waals surface area contributed by atoms with Gasteiger partial charge in [-0.05, 0) is 53.4 Å². The third-order valence-electron chi connectivity index (χ3n) is 5.17. The lowest BCUT2D eigenvalue weighted by atomic mass is 9.87. The van der Waals surface area contributed by atoms with Crippen LogP contribution in [0.3, 0.4) is 0 Å². The van der Waals surface area contributed by atoms with Crippen LogP contribution in [0.15, 0.2) is 98.0 Å². The van der Waals surface area contributed by atoms with Gasteiger partial charge in [0.2, 0.25) is 0 Å². The van der Waals surface area contributed by atoms with E-state index in [4.69, 9.17) is 0 Å². The Bertz CT molecular complexity index is 1190. The Labute approximate surface area is 168 Å². The van der Waals surface area contributed by atoms with E-state index in [0.29, 0.717) is 0 Å². The first-order chi connectivity index (χ1) is 14.4. The number of pyridine rings is 3. The van der Waals surface area contributed by atoms with Gasteiger partial charge in [0.15, 0.2) is 5.65 Å². The van der Waals surface area contributed by atoms with Gasteiger partial charge in [0, 0.05) is 36.9 Å². The SMILES string of the molecule is c1cncc(C(Cc2ccccc2-n2cnc3ncccc32)c2cccnc2)c1. The first-order valence-corrected chi connectivity index (χ1v) is 9.56. The fourth-order valence-corrected chi connectivity index (χ4v) is 3.77. The van der Waals surface area contributed by atoms with Crippen LogP contribution < -0.4 is 0 Å². The minimum absolute atomic E-state index is 0.159. The monoisotopic (exact) mass is 377 g/mol. The summed E-state index contributed by atoms with van der Waals surface area (Å²) in [5, 5.41) is 0. The van der Waals surface area contributed by atoms with Crippen LogP contribution in [-0.4, -0.2) is 24.5 Å². The highest BCUT2D eigenvalue weighted by Gasteiger charge is 2.18. The van der Waals surface area contributed by atoms with E-state index in [1.165, 1.54) is 16.7 Å². The molecule has 29 heavy (non-hydrogen) atoms. The van der Waals surface area contributed by atoms with Crippen LogP contribution in [0.1, 0.15) is 22.6 Å². The van der Waals surface area contributed by atoms with Crippen LogP contribution >= 0.6 is 0 Å². The third kappa shape index (κ3) is 3.38. The molecule has 0 radical (unpaired) electrons. The smallest absolute Gasteiger partial charge is 0.177 e. The molecule has 5 rings (SSSR count). The number of rotatable bonds is 5. The zero-order valence-corrected chi connectivity index (χ0v) is 15.8. The van der Waals surface area contributed by atoms with Gasteiger partial charge in [-0.25, -0.2) is 9.97 Å². The van der Waals surface area contributed by atoms with Crippen molar-refractivity contribution in [2.24, 2.45) is 0 Å². The number of imidazole rings is 1. The molecule has 0 unspecified atom stereocenters. The molecule has 140 valence electrons. The lowest BCUT2D eigenvalue weighted by molar-refractivity contribution is 0.788. The number of hydrogen-bond donors (Lipinski definition) is 0. The van der Waals surface area contributed by atoms with E-state index in [1.54, 1.807) is 6.20 Å². The molecule has 1 aromatic carbocycles. The Hall–Kier alpha value is -3.86. The largest absolute Gasteiger partial charge is 0.297 e. The molecule has 0 aliphatic heterocycles. The second-order valence-corrected chi connectivity index (χ2v) is 6.92. The van der Waals surface area contributed by atoms with Crippen molar-refractivity contribution in [3.05, 3.63) is 115 Å². The first-order valence-electron chi connectivity index (χ1n) is 9.56. The highest BCUT2D eigenvalue weighted by molar-refractivity contribution is 5.73. The van der Waals surface area contributed by atoms with E-state index in [1.807, 2.05) is 55.4 Å². The summed E-state index contributed by atoms with van der Waals surface area (Å²) in [5.74, 6) is 0.159. The predicted molar refractivity (Wildman–Crippen MR) is 113 cm³/mol. The van der Waals surface area contributed by atoms with Crippen molar-refractivity contribution in [2.75, 3.05) is 0 Å². The maximum atomic E-state index is 4.46. The molecule has 0 N–H and O–H groups in total. The number of nitrogens with zero attached hydrogens (tertiary/aromatic N) is 5. The molecule has 0 saturated carbocycles. The number of benzene rings is 1. The van der Waals surface area contributed by atoms with Crippen molar-refractivity contribution >= 4 is 11.2 Å². The van der Waals surface area contributed by atoms with Gasteiger partial charge in [0.25, 0.3) is 0 Å². The summed E-state index contributed by atoms with van der Waals surface area (Å²) >= 11 is 0. The predicted octanol–water partition coefficient (Wildman–Crippen LogP) is 4.59. The molecule has 0 saturated heterocycles. The van der Waals surface area contributed by atoms with Gasteiger partial charge >= 0.3 is 0 Å². The second kappa shape index (κ2) is 7.64.